The first-order valence-electron chi connectivity index (χ1n) is 8.90. The summed E-state index contributed by atoms with van der Waals surface area (Å²) in [6.07, 6.45) is 5.89. The highest BCUT2D eigenvalue weighted by atomic mass is 16.2. The molecule has 1 amide bonds. The van der Waals surface area contributed by atoms with Crippen molar-refractivity contribution in [1.82, 2.24) is 25.5 Å². The molecule has 1 aliphatic carbocycles. The number of carbonyl (C=O) groups excluding carboxylic acids is 1. The number of aromatic nitrogens is 2. The summed E-state index contributed by atoms with van der Waals surface area (Å²) in [5.74, 6) is 2.71. The van der Waals surface area contributed by atoms with E-state index in [2.05, 4.69) is 44.3 Å². The van der Waals surface area contributed by atoms with Crippen LogP contribution in [-0.4, -0.2) is 41.1 Å². The molecule has 0 aromatic carbocycles. The van der Waals surface area contributed by atoms with Crippen molar-refractivity contribution >= 4 is 11.9 Å². The number of imidazole rings is 1. The first kappa shape index (κ1) is 18.3. The van der Waals surface area contributed by atoms with E-state index in [1.165, 1.54) is 0 Å². The third kappa shape index (κ3) is 6.22. The number of nitrogens with zero attached hydrogens (tertiary/aromatic N) is 3. The maximum Gasteiger partial charge on any atom is 0.223 e. The average molecular weight is 334 g/mol. The van der Waals surface area contributed by atoms with Gasteiger partial charge in [0.1, 0.15) is 12.4 Å². The van der Waals surface area contributed by atoms with Crippen molar-refractivity contribution in [2.24, 2.45) is 16.8 Å². The molecule has 2 rings (SSSR count). The van der Waals surface area contributed by atoms with Crippen molar-refractivity contribution in [3.63, 3.8) is 0 Å². The number of rotatable bonds is 9. The lowest BCUT2D eigenvalue weighted by Gasteiger charge is -2.13. The highest BCUT2D eigenvalue weighted by molar-refractivity contribution is 5.81. The lowest BCUT2D eigenvalue weighted by molar-refractivity contribution is -0.122. The molecule has 1 aromatic heterocycles. The molecule has 134 valence electrons. The summed E-state index contributed by atoms with van der Waals surface area (Å²) in [5.41, 5.74) is 0. The van der Waals surface area contributed by atoms with Gasteiger partial charge < -0.3 is 20.5 Å². The van der Waals surface area contributed by atoms with E-state index in [0.717, 1.165) is 37.7 Å². The third-order valence-electron chi connectivity index (χ3n) is 3.75. The Balaban J connectivity index is 1.79. The number of aliphatic imine (C=N–C) groups is 1. The monoisotopic (exact) mass is 334 g/mol. The highest BCUT2D eigenvalue weighted by Gasteiger charge is 2.28. The van der Waals surface area contributed by atoms with Gasteiger partial charge in [-0.3, -0.25) is 4.79 Å². The first-order valence-corrected chi connectivity index (χ1v) is 8.90. The lowest BCUT2D eigenvalue weighted by Crippen LogP contribution is -2.41. The molecule has 1 aliphatic rings. The van der Waals surface area contributed by atoms with Crippen LogP contribution < -0.4 is 16.0 Å². The fourth-order valence-corrected chi connectivity index (χ4v) is 2.40. The van der Waals surface area contributed by atoms with Gasteiger partial charge in [-0.15, -0.1) is 0 Å². The number of guanidine groups is 1. The standard InChI is InChI=1S/C17H30N6O/c1-4-18-17(21-8-7-20-16(24)14-5-6-14)22-11-15-19-9-10-23(15)12-13(2)3/h9-10,13-14H,4-8,11-12H2,1-3H3,(H,20,24)(H2,18,21,22). The van der Waals surface area contributed by atoms with Crippen LogP contribution in [-0.2, 0) is 17.9 Å². The van der Waals surface area contributed by atoms with Crippen LogP contribution in [0.25, 0.3) is 0 Å². The topological polar surface area (TPSA) is 83.3 Å². The molecule has 1 saturated carbocycles. The van der Waals surface area contributed by atoms with E-state index in [9.17, 15) is 4.79 Å². The number of hydrogen-bond acceptors (Lipinski definition) is 3. The molecule has 0 bridgehead atoms. The maximum atomic E-state index is 11.6. The number of nitrogens with one attached hydrogen (secondary N) is 3. The van der Waals surface area contributed by atoms with Gasteiger partial charge in [-0.1, -0.05) is 13.8 Å². The van der Waals surface area contributed by atoms with Crippen molar-refractivity contribution in [2.75, 3.05) is 19.6 Å². The summed E-state index contributed by atoms with van der Waals surface area (Å²) in [6, 6.07) is 0. The second-order valence-corrected chi connectivity index (χ2v) is 6.58. The molecule has 1 aromatic rings. The summed E-state index contributed by atoms with van der Waals surface area (Å²) in [6.45, 7) is 9.95. The molecule has 0 radical (unpaired) electrons. The minimum absolute atomic E-state index is 0.175. The van der Waals surface area contributed by atoms with Crippen LogP contribution >= 0.6 is 0 Å². The quantitative estimate of drug-likeness (QED) is 0.359. The summed E-state index contributed by atoms with van der Waals surface area (Å²) < 4.78 is 2.15. The van der Waals surface area contributed by atoms with Gasteiger partial charge in [0.05, 0.1) is 0 Å². The summed E-state index contributed by atoms with van der Waals surface area (Å²) in [7, 11) is 0. The van der Waals surface area contributed by atoms with Gasteiger partial charge in [0.2, 0.25) is 5.91 Å². The molecule has 3 N–H and O–H groups in total. The molecular formula is C17H30N6O. The molecule has 0 atom stereocenters. The Morgan fingerprint density at radius 3 is 2.75 bits per heavy atom. The average Bonchev–Trinajstić information content (AvgIpc) is 3.30. The zero-order valence-corrected chi connectivity index (χ0v) is 15.0. The lowest BCUT2D eigenvalue weighted by atomic mass is 10.2. The van der Waals surface area contributed by atoms with Gasteiger partial charge in [-0.25, -0.2) is 9.98 Å². The zero-order valence-electron chi connectivity index (χ0n) is 15.0. The molecular weight excluding hydrogens is 304 g/mol. The molecule has 7 nitrogen and oxygen atoms in total. The van der Waals surface area contributed by atoms with E-state index in [-0.39, 0.29) is 11.8 Å². The van der Waals surface area contributed by atoms with Crippen molar-refractivity contribution in [2.45, 2.75) is 46.7 Å². The van der Waals surface area contributed by atoms with E-state index in [1.54, 1.807) is 0 Å². The Morgan fingerprint density at radius 2 is 2.08 bits per heavy atom. The normalized spacial score (nSPS) is 14.8. The van der Waals surface area contributed by atoms with Gasteiger partial charge >= 0.3 is 0 Å². The van der Waals surface area contributed by atoms with Crippen LogP contribution in [0.1, 0.15) is 39.4 Å². The van der Waals surface area contributed by atoms with Crippen LogP contribution in [0.3, 0.4) is 0 Å². The Kier molecular flexibility index (Phi) is 7.08. The molecule has 1 fully saturated rings. The largest absolute Gasteiger partial charge is 0.357 e. The molecule has 24 heavy (non-hydrogen) atoms. The molecule has 0 aliphatic heterocycles. The molecule has 0 spiro atoms. The third-order valence-corrected chi connectivity index (χ3v) is 3.75. The summed E-state index contributed by atoms with van der Waals surface area (Å²) in [5, 5.41) is 9.40. The van der Waals surface area contributed by atoms with Crippen molar-refractivity contribution in [3.05, 3.63) is 18.2 Å². The van der Waals surface area contributed by atoms with Crippen LogP contribution in [0, 0.1) is 11.8 Å². The fourth-order valence-electron chi connectivity index (χ4n) is 2.40. The summed E-state index contributed by atoms with van der Waals surface area (Å²) >= 11 is 0. The van der Waals surface area contributed by atoms with E-state index >= 15 is 0 Å². The minimum atomic E-state index is 0.175. The van der Waals surface area contributed by atoms with Gasteiger partial charge in [-0.05, 0) is 25.7 Å². The Hall–Kier alpha value is -2.05. The Labute approximate surface area is 144 Å². The van der Waals surface area contributed by atoms with Crippen LogP contribution in [0.15, 0.2) is 17.4 Å². The predicted molar refractivity (Wildman–Crippen MR) is 95.6 cm³/mol. The second kappa shape index (κ2) is 9.30. The van der Waals surface area contributed by atoms with Crippen LogP contribution in [0.4, 0.5) is 0 Å². The van der Waals surface area contributed by atoms with Gasteiger partial charge in [0.25, 0.3) is 0 Å². The number of amides is 1. The summed E-state index contributed by atoms with van der Waals surface area (Å²) in [4.78, 5) is 20.6. The van der Waals surface area contributed by atoms with Crippen LogP contribution in [0.5, 0.6) is 0 Å². The fraction of sp³-hybridized carbons (Fsp3) is 0.706. The number of hydrogen-bond donors (Lipinski definition) is 3. The number of carbonyl (C=O) groups is 1. The molecule has 7 heteroatoms. The minimum Gasteiger partial charge on any atom is -0.357 e. The van der Waals surface area contributed by atoms with Crippen molar-refractivity contribution in [3.8, 4) is 0 Å². The first-order chi connectivity index (χ1) is 11.6. The zero-order chi connectivity index (χ0) is 17.4. The SMILES string of the molecule is CCNC(=NCc1nccn1CC(C)C)NCCNC(=O)C1CC1. The van der Waals surface area contributed by atoms with E-state index < -0.39 is 0 Å². The smallest absolute Gasteiger partial charge is 0.223 e. The Bertz CT molecular complexity index is 547. The van der Waals surface area contributed by atoms with E-state index in [4.69, 9.17) is 0 Å². The molecule has 0 unspecified atom stereocenters. The predicted octanol–water partition coefficient (Wildman–Crippen LogP) is 1.12. The van der Waals surface area contributed by atoms with E-state index in [1.807, 2.05) is 19.3 Å². The maximum absolute atomic E-state index is 11.6. The van der Waals surface area contributed by atoms with Crippen molar-refractivity contribution < 1.29 is 4.79 Å². The van der Waals surface area contributed by atoms with Gasteiger partial charge in [0.15, 0.2) is 5.96 Å². The van der Waals surface area contributed by atoms with Gasteiger partial charge in [0, 0.05) is 44.5 Å². The van der Waals surface area contributed by atoms with Crippen LogP contribution in [0.2, 0.25) is 0 Å². The Morgan fingerprint density at radius 1 is 1.33 bits per heavy atom. The molecule has 0 saturated heterocycles. The molecule has 1 heterocycles. The van der Waals surface area contributed by atoms with Crippen molar-refractivity contribution in [1.29, 1.82) is 0 Å². The highest BCUT2D eigenvalue weighted by Crippen LogP contribution is 2.28. The van der Waals surface area contributed by atoms with Gasteiger partial charge in [-0.2, -0.15) is 0 Å². The van der Waals surface area contributed by atoms with E-state index in [0.29, 0.717) is 25.6 Å². The second-order valence-electron chi connectivity index (χ2n) is 6.58.